The lowest BCUT2D eigenvalue weighted by Gasteiger charge is -2.15. The van der Waals surface area contributed by atoms with Crippen molar-refractivity contribution in [2.45, 2.75) is 52.4 Å². The highest BCUT2D eigenvalue weighted by Gasteiger charge is 2.20. The van der Waals surface area contributed by atoms with E-state index in [4.69, 9.17) is 0 Å². The summed E-state index contributed by atoms with van der Waals surface area (Å²) in [6.45, 7) is 10.4. The molecule has 1 aromatic heterocycles. The standard InChI is InChI=1S/C24H29N5O2S/c1-6-29-22(18(5)25-23(31)19-9-7-8-15(2)13-19)27-28-24(29)32-14-21(30)26-20-11-10-16(3)12-17(20)4/h7-13,18H,6,14H2,1-5H3,(H,25,31)(H,26,30)/t18-/m0/s1. The minimum atomic E-state index is -0.325. The average molecular weight is 452 g/mol. The van der Waals surface area contributed by atoms with Crippen LogP contribution in [-0.2, 0) is 11.3 Å². The van der Waals surface area contributed by atoms with Crippen molar-refractivity contribution in [3.63, 3.8) is 0 Å². The molecule has 0 unspecified atom stereocenters. The van der Waals surface area contributed by atoms with Gasteiger partial charge in [-0.15, -0.1) is 10.2 Å². The van der Waals surface area contributed by atoms with Crippen molar-refractivity contribution in [3.05, 3.63) is 70.5 Å². The molecule has 0 saturated carbocycles. The van der Waals surface area contributed by atoms with E-state index < -0.39 is 0 Å². The summed E-state index contributed by atoms with van der Waals surface area (Å²) in [7, 11) is 0. The van der Waals surface area contributed by atoms with Crippen LogP contribution in [0.4, 0.5) is 5.69 Å². The zero-order valence-electron chi connectivity index (χ0n) is 19.1. The lowest BCUT2D eigenvalue weighted by atomic mass is 10.1. The molecule has 0 aliphatic heterocycles. The third-order valence-electron chi connectivity index (χ3n) is 5.07. The maximum Gasteiger partial charge on any atom is 0.251 e. The number of carbonyl (C=O) groups excluding carboxylic acids is 2. The Hall–Kier alpha value is -3.13. The number of thioether (sulfide) groups is 1. The van der Waals surface area contributed by atoms with E-state index in [-0.39, 0.29) is 23.6 Å². The van der Waals surface area contributed by atoms with E-state index in [1.807, 2.05) is 75.6 Å². The molecule has 7 nitrogen and oxygen atoms in total. The lowest BCUT2D eigenvalue weighted by molar-refractivity contribution is -0.113. The molecule has 0 bridgehead atoms. The van der Waals surface area contributed by atoms with Crippen LogP contribution >= 0.6 is 11.8 Å². The van der Waals surface area contributed by atoms with E-state index in [2.05, 4.69) is 20.8 Å². The van der Waals surface area contributed by atoms with Crippen molar-refractivity contribution in [1.29, 1.82) is 0 Å². The zero-order valence-corrected chi connectivity index (χ0v) is 19.9. The van der Waals surface area contributed by atoms with Gasteiger partial charge in [-0.2, -0.15) is 0 Å². The Morgan fingerprint density at radius 3 is 2.50 bits per heavy atom. The van der Waals surface area contributed by atoms with Crippen molar-refractivity contribution >= 4 is 29.3 Å². The fraction of sp³-hybridized carbons (Fsp3) is 0.333. The molecule has 0 aliphatic rings. The maximum atomic E-state index is 12.6. The Bertz CT molecular complexity index is 1130. The SMILES string of the molecule is CCn1c(SCC(=O)Nc2ccc(C)cc2C)nnc1[C@H](C)NC(=O)c1cccc(C)c1. The minimum Gasteiger partial charge on any atom is -0.342 e. The number of anilines is 1. The highest BCUT2D eigenvalue weighted by atomic mass is 32.2. The van der Waals surface area contributed by atoms with Crippen molar-refractivity contribution in [3.8, 4) is 0 Å². The van der Waals surface area contributed by atoms with E-state index in [0.29, 0.717) is 23.1 Å². The van der Waals surface area contributed by atoms with Crippen LogP contribution in [0.5, 0.6) is 0 Å². The van der Waals surface area contributed by atoms with Crippen LogP contribution in [-0.4, -0.2) is 32.3 Å². The highest BCUT2D eigenvalue weighted by Crippen LogP contribution is 2.22. The van der Waals surface area contributed by atoms with Crippen LogP contribution in [0.25, 0.3) is 0 Å². The zero-order chi connectivity index (χ0) is 23.3. The Balaban J connectivity index is 1.63. The van der Waals surface area contributed by atoms with Gasteiger partial charge in [-0.05, 0) is 58.4 Å². The van der Waals surface area contributed by atoms with Gasteiger partial charge in [0.2, 0.25) is 5.91 Å². The van der Waals surface area contributed by atoms with Crippen molar-refractivity contribution in [2.75, 3.05) is 11.1 Å². The molecule has 1 atom stereocenters. The maximum absolute atomic E-state index is 12.6. The molecule has 0 fully saturated rings. The molecule has 168 valence electrons. The number of aromatic nitrogens is 3. The Morgan fingerprint density at radius 2 is 1.81 bits per heavy atom. The quantitative estimate of drug-likeness (QED) is 0.494. The van der Waals surface area contributed by atoms with Gasteiger partial charge in [-0.3, -0.25) is 9.59 Å². The molecular formula is C24H29N5O2S. The summed E-state index contributed by atoms with van der Waals surface area (Å²) in [5, 5.41) is 15.1. The lowest BCUT2D eigenvalue weighted by Crippen LogP contribution is -2.28. The fourth-order valence-electron chi connectivity index (χ4n) is 3.43. The largest absolute Gasteiger partial charge is 0.342 e. The van der Waals surface area contributed by atoms with Crippen molar-refractivity contribution in [2.24, 2.45) is 0 Å². The third kappa shape index (κ3) is 5.76. The van der Waals surface area contributed by atoms with Crippen LogP contribution in [0.3, 0.4) is 0 Å². The number of hydrogen-bond donors (Lipinski definition) is 2. The van der Waals surface area contributed by atoms with Crippen LogP contribution < -0.4 is 10.6 Å². The van der Waals surface area contributed by atoms with E-state index in [0.717, 1.165) is 22.4 Å². The van der Waals surface area contributed by atoms with E-state index in [9.17, 15) is 9.59 Å². The first-order chi connectivity index (χ1) is 15.3. The summed E-state index contributed by atoms with van der Waals surface area (Å²) in [6, 6.07) is 13.1. The summed E-state index contributed by atoms with van der Waals surface area (Å²) < 4.78 is 1.93. The molecule has 3 aromatic rings. The molecule has 0 aliphatic carbocycles. The number of rotatable bonds is 8. The van der Waals surface area contributed by atoms with E-state index in [1.165, 1.54) is 11.8 Å². The van der Waals surface area contributed by atoms with Gasteiger partial charge < -0.3 is 15.2 Å². The molecule has 2 N–H and O–H groups in total. The van der Waals surface area contributed by atoms with Gasteiger partial charge >= 0.3 is 0 Å². The summed E-state index contributed by atoms with van der Waals surface area (Å²) in [5.41, 5.74) is 4.63. The molecule has 1 heterocycles. The molecule has 32 heavy (non-hydrogen) atoms. The third-order valence-corrected chi connectivity index (χ3v) is 6.03. The van der Waals surface area contributed by atoms with Crippen molar-refractivity contribution in [1.82, 2.24) is 20.1 Å². The number of hydrogen-bond acceptors (Lipinski definition) is 5. The smallest absolute Gasteiger partial charge is 0.251 e. The summed E-state index contributed by atoms with van der Waals surface area (Å²) in [6.07, 6.45) is 0. The molecule has 0 spiro atoms. The van der Waals surface area contributed by atoms with Gasteiger partial charge in [0.25, 0.3) is 5.91 Å². The first-order valence-corrected chi connectivity index (χ1v) is 11.6. The fourth-order valence-corrected chi connectivity index (χ4v) is 4.23. The Kier molecular flexibility index (Phi) is 7.69. The number of aryl methyl sites for hydroxylation is 3. The van der Waals surface area contributed by atoms with E-state index in [1.54, 1.807) is 6.07 Å². The number of carbonyl (C=O) groups is 2. The molecule has 8 heteroatoms. The van der Waals surface area contributed by atoms with Crippen LogP contribution in [0, 0.1) is 20.8 Å². The summed E-state index contributed by atoms with van der Waals surface area (Å²) in [4.78, 5) is 25.0. The normalized spacial score (nSPS) is 11.8. The molecule has 3 rings (SSSR count). The van der Waals surface area contributed by atoms with Crippen LogP contribution in [0.1, 0.15) is 52.8 Å². The second kappa shape index (κ2) is 10.5. The predicted molar refractivity (Wildman–Crippen MR) is 128 cm³/mol. The topological polar surface area (TPSA) is 88.9 Å². The monoisotopic (exact) mass is 451 g/mol. The van der Waals surface area contributed by atoms with Crippen LogP contribution in [0.15, 0.2) is 47.6 Å². The Labute approximate surface area is 193 Å². The molecule has 0 saturated heterocycles. The average Bonchev–Trinajstić information content (AvgIpc) is 3.17. The van der Waals surface area contributed by atoms with Crippen molar-refractivity contribution < 1.29 is 9.59 Å². The summed E-state index contributed by atoms with van der Waals surface area (Å²) in [5.74, 6) is 0.616. The molecular weight excluding hydrogens is 422 g/mol. The highest BCUT2D eigenvalue weighted by molar-refractivity contribution is 7.99. The predicted octanol–water partition coefficient (Wildman–Crippen LogP) is 4.45. The second-order valence-corrected chi connectivity index (χ2v) is 8.75. The number of nitrogens with one attached hydrogen (secondary N) is 2. The second-order valence-electron chi connectivity index (χ2n) is 7.80. The summed E-state index contributed by atoms with van der Waals surface area (Å²) >= 11 is 1.33. The first-order valence-electron chi connectivity index (χ1n) is 10.6. The van der Waals surface area contributed by atoms with Gasteiger partial charge in [-0.1, -0.05) is 47.2 Å². The molecule has 2 aromatic carbocycles. The number of nitrogens with zero attached hydrogens (tertiary/aromatic N) is 3. The van der Waals surface area contributed by atoms with Gasteiger partial charge in [0.1, 0.15) is 0 Å². The molecule has 2 amide bonds. The van der Waals surface area contributed by atoms with Crippen LogP contribution in [0.2, 0.25) is 0 Å². The first kappa shape index (κ1) is 23.5. The van der Waals surface area contributed by atoms with Gasteiger partial charge in [0.05, 0.1) is 11.8 Å². The minimum absolute atomic E-state index is 0.102. The van der Waals surface area contributed by atoms with Gasteiger partial charge in [0, 0.05) is 17.8 Å². The molecule has 0 radical (unpaired) electrons. The van der Waals surface area contributed by atoms with E-state index >= 15 is 0 Å². The number of benzene rings is 2. The van der Waals surface area contributed by atoms with Gasteiger partial charge in [0.15, 0.2) is 11.0 Å². The number of amides is 2. The van der Waals surface area contributed by atoms with Gasteiger partial charge in [-0.25, -0.2) is 0 Å². The Morgan fingerprint density at radius 1 is 1.06 bits per heavy atom.